The smallest absolute Gasteiger partial charge is 0.275 e. The Kier molecular flexibility index (Phi) is 6.18. The van der Waals surface area contributed by atoms with Crippen LogP contribution in [0.25, 0.3) is 28.1 Å². The number of morpholine rings is 1. The summed E-state index contributed by atoms with van der Waals surface area (Å²) in [6.45, 7) is 5.79. The first-order valence-electron chi connectivity index (χ1n) is 13.0. The Hall–Kier alpha value is -3.44. The summed E-state index contributed by atoms with van der Waals surface area (Å²) in [6.07, 6.45) is 3.88. The maximum atomic E-state index is 14.0. The molecule has 1 aromatic carbocycles. The van der Waals surface area contributed by atoms with E-state index in [0.29, 0.717) is 37.0 Å². The fraction of sp³-hybridized carbons (Fsp3) is 0.346. The van der Waals surface area contributed by atoms with Crippen molar-refractivity contribution in [3.05, 3.63) is 52.6 Å². The Morgan fingerprint density at radius 1 is 1.23 bits per heavy atom. The van der Waals surface area contributed by atoms with Gasteiger partial charge in [-0.25, -0.2) is 4.68 Å². The highest BCUT2D eigenvalue weighted by Crippen LogP contribution is 2.46. The predicted octanol–water partition coefficient (Wildman–Crippen LogP) is 1.08. The number of ether oxygens (including phenoxy) is 3. The van der Waals surface area contributed by atoms with E-state index in [1.165, 1.54) is 0 Å². The number of hydrogen-bond acceptors (Lipinski definition) is 7. The van der Waals surface area contributed by atoms with Crippen LogP contribution in [0.1, 0.15) is 29.9 Å². The van der Waals surface area contributed by atoms with Gasteiger partial charge >= 0.3 is 0 Å². The monoisotopic (exact) mass is 541 g/mol. The van der Waals surface area contributed by atoms with Gasteiger partial charge in [0.25, 0.3) is 5.91 Å². The van der Waals surface area contributed by atoms with Crippen LogP contribution in [0.2, 0.25) is 0 Å². The minimum absolute atomic E-state index is 0.110. The van der Waals surface area contributed by atoms with Gasteiger partial charge in [0.1, 0.15) is 41.6 Å². The fourth-order valence-electron chi connectivity index (χ4n) is 5.20. The van der Waals surface area contributed by atoms with Crippen molar-refractivity contribution >= 4 is 40.8 Å². The molecule has 13 heteroatoms. The van der Waals surface area contributed by atoms with E-state index < -0.39 is 5.54 Å². The van der Waals surface area contributed by atoms with Crippen molar-refractivity contribution in [2.45, 2.75) is 31.2 Å². The van der Waals surface area contributed by atoms with Gasteiger partial charge in [0.15, 0.2) is 5.69 Å². The van der Waals surface area contributed by atoms with E-state index in [9.17, 15) is 4.79 Å². The molecule has 3 aromatic heterocycles. The van der Waals surface area contributed by atoms with Gasteiger partial charge in [0, 0.05) is 46.4 Å². The lowest BCUT2D eigenvalue weighted by molar-refractivity contribution is -0.0374. The molecule has 0 N–H and O–H groups in total. The van der Waals surface area contributed by atoms with Gasteiger partial charge in [-0.05, 0) is 36.6 Å². The number of rotatable bonds is 5. The number of hydrogen-bond donors (Lipinski definition) is 0. The zero-order valence-electron chi connectivity index (χ0n) is 23.1. The first-order chi connectivity index (χ1) is 18.6. The average molecular weight is 541 g/mol. The molecular formula is C26H30B3N5O4S. The molecule has 0 spiro atoms. The molecule has 5 heterocycles. The van der Waals surface area contributed by atoms with Gasteiger partial charge in [-0.2, -0.15) is 21.5 Å². The lowest BCUT2D eigenvalue weighted by atomic mass is 9.49. The standard InChI is InChI=1S/C26H30B3N5O4S/c1-25(2)14-37-6-5-32(25)24(35)22-19-12-38-21-9-20(36-3)17(15-10-30-33(11-15)26(27,28)29)8-18(21)23(19)34(31-22)16-4-7-39-13-16/h4,7-11,13H,5-6,12,14,27-29H2,1-3H3. The molecular weight excluding hydrogens is 511 g/mol. The van der Waals surface area contributed by atoms with Crippen LogP contribution in [0.15, 0.2) is 41.4 Å². The maximum absolute atomic E-state index is 14.0. The number of aromatic nitrogens is 4. The van der Waals surface area contributed by atoms with E-state index in [4.69, 9.17) is 19.3 Å². The minimum Gasteiger partial charge on any atom is -0.496 e. The summed E-state index contributed by atoms with van der Waals surface area (Å²) in [5.74, 6) is 1.27. The minimum atomic E-state index is -0.435. The van der Waals surface area contributed by atoms with Crippen molar-refractivity contribution in [3.63, 3.8) is 0 Å². The van der Waals surface area contributed by atoms with E-state index in [-0.39, 0.29) is 17.8 Å². The van der Waals surface area contributed by atoms with Crippen molar-refractivity contribution in [2.24, 2.45) is 0 Å². The summed E-state index contributed by atoms with van der Waals surface area (Å²) in [7, 11) is 8.00. The summed E-state index contributed by atoms with van der Waals surface area (Å²) in [4.78, 5) is 15.8. The number of methoxy groups -OCH3 is 1. The van der Waals surface area contributed by atoms with E-state index in [1.54, 1.807) is 18.4 Å². The maximum Gasteiger partial charge on any atom is 0.275 e. The third-order valence-corrected chi connectivity index (χ3v) is 8.01. The van der Waals surface area contributed by atoms with Crippen molar-refractivity contribution in [3.8, 4) is 39.6 Å². The largest absolute Gasteiger partial charge is 0.496 e. The van der Waals surface area contributed by atoms with Crippen molar-refractivity contribution in [1.29, 1.82) is 0 Å². The molecule has 0 saturated carbocycles. The van der Waals surface area contributed by atoms with E-state index in [1.807, 2.05) is 63.4 Å². The van der Waals surface area contributed by atoms with Crippen LogP contribution in [0.5, 0.6) is 11.5 Å². The van der Waals surface area contributed by atoms with Crippen LogP contribution in [0, 0.1) is 0 Å². The van der Waals surface area contributed by atoms with E-state index >= 15 is 0 Å². The average Bonchev–Trinajstić information content (AvgIpc) is 3.66. The molecule has 39 heavy (non-hydrogen) atoms. The molecule has 1 amide bonds. The number of carbonyl (C=O) groups is 1. The first kappa shape index (κ1) is 25.8. The molecule has 2 aliphatic heterocycles. The van der Waals surface area contributed by atoms with Gasteiger partial charge in [-0.1, -0.05) is 0 Å². The van der Waals surface area contributed by atoms with Crippen LogP contribution in [-0.4, -0.2) is 86.3 Å². The first-order valence-corrected chi connectivity index (χ1v) is 14.0. The van der Waals surface area contributed by atoms with Crippen LogP contribution in [-0.2, 0) is 16.6 Å². The van der Waals surface area contributed by atoms with Crippen molar-refractivity contribution in [2.75, 3.05) is 26.9 Å². The quantitative estimate of drug-likeness (QED) is 0.352. The molecule has 0 radical (unpaired) electrons. The number of benzene rings is 1. The predicted molar refractivity (Wildman–Crippen MR) is 159 cm³/mol. The molecule has 1 saturated heterocycles. The number of nitrogens with zero attached hydrogens (tertiary/aromatic N) is 5. The molecule has 0 bridgehead atoms. The zero-order chi connectivity index (χ0) is 27.5. The van der Waals surface area contributed by atoms with E-state index in [2.05, 4.69) is 34.7 Å². The van der Waals surface area contributed by atoms with Crippen LogP contribution < -0.4 is 9.47 Å². The number of carbonyl (C=O) groups excluding carboxylic acids is 1. The molecule has 0 atom stereocenters. The number of fused-ring (bicyclic) bond motifs is 3. The van der Waals surface area contributed by atoms with Crippen LogP contribution in [0.4, 0.5) is 0 Å². The van der Waals surface area contributed by atoms with Gasteiger partial charge in [0.2, 0.25) is 0 Å². The Morgan fingerprint density at radius 3 is 2.72 bits per heavy atom. The topological polar surface area (TPSA) is 83.6 Å². The normalized spacial score (nSPS) is 16.3. The SMILES string of the molecule is BC(B)(B)n1cc(-c2cc3c(cc2OC)OCc2c(C(=O)N4CCOCC4(C)C)nn(-c4ccsc4)c2-3)cn1. The molecule has 1 fully saturated rings. The van der Waals surface area contributed by atoms with Gasteiger partial charge < -0.3 is 19.1 Å². The zero-order valence-corrected chi connectivity index (χ0v) is 24.0. The summed E-state index contributed by atoms with van der Waals surface area (Å²) in [6, 6.07) is 5.99. The summed E-state index contributed by atoms with van der Waals surface area (Å²) >= 11 is 1.59. The summed E-state index contributed by atoms with van der Waals surface area (Å²) in [5.41, 5.74) is 5.20. The summed E-state index contributed by atoms with van der Waals surface area (Å²) < 4.78 is 21.5. The van der Waals surface area contributed by atoms with Gasteiger partial charge in [-0.15, -0.1) is 0 Å². The van der Waals surface area contributed by atoms with Crippen LogP contribution >= 0.6 is 11.3 Å². The van der Waals surface area contributed by atoms with Gasteiger partial charge in [-0.3, -0.25) is 9.48 Å². The van der Waals surface area contributed by atoms with E-state index in [0.717, 1.165) is 33.6 Å². The highest BCUT2D eigenvalue weighted by atomic mass is 32.1. The highest BCUT2D eigenvalue weighted by molar-refractivity contribution is 7.08. The third kappa shape index (κ3) is 4.37. The second-order valence-electron chi connectivity index (χ2n) is 11.6. The Bertz CT molecular complexity index is 1560. The Morgan fingerprint density at radius 2 is 2.05 bits per heavy atom. The Labute approximate surface area is 234 Å². The molecule has 0 aliphatic carbocycles. The Balaban J connectivity index is 1.53. The van der Waals surface area contributed by atoms with Gasteiger partial charge in [0.05, 0.1) is 43.4 Å². The molecule has 0 unspecified atom stereocenters. The molecule has 198 valence electrons. The second kappa shape index (κ2) is 9.34. The van der Waals surface area contributed by atoms with Crippen molar-refractivity contribution in [1.82, 2.24) is 24.5 Å². The lowest BCUT2D eigenvalue weighted by Gasteiger charge is -2.41. The number of amides is 1. The summed E-state index contributed by atoms with van der Waals surface area (Å²) in [5, 5.41) is 13.4. The van der Waals surface area contributed by atoms with Crippen molar-refractivity contribution < 1.29 is 19.0 Å². The molecule has 2 aliphatic rings. The fourth-order valence-corrected chi connectivity index (χ4v) is 5.82. The molecule has 6 rings (SSSR count). The number of thiophene rings is 1. The molecule has 4 aromatic rings. The van der Waals surface area contributed by atoms with Crippen LogP contribution in [0.3, 0.4) is 0 Å². The highest BCUT2D eigenvalue weighted by Gasteiger charge is 2.39. The second-order valence-corrected chi connectivity index (χ2v) is 12.4. The molecule has 9 nitrogen and oxygen atoms in total. The third-order valence-electron chi connectivity index (χ3n) is 7.34. The lowest BCUT2D eigenvalue weighted by Crippen LogP contribution is -2.55.